The second-order valence-corrected chi connectivity index (χ2v) is 5.30. The first kappa shape index (κ1) is 15.9. The van der Waals surface area contributed by atoms with Crippen LogP contribution < -0.4 is 5.32 Å². The van der Waals surface area contributed by atoms with Crippen LogP contribution in [0.1, 0.15) is 24.6 Å². The SMILES string of the molecule is CCOCCCn1cc(C)nc1NCc1ccccc1Cl. The topological polar surface area (TPSA) is 39.1 Å². The molecular formula is C16H22ClN3O. The first-order valence-electron chi connectivity index (χ1n) is 7.29. The van der Waals surface area contributed by atoms with Crippen molar-refractivity contribution >= 4 is 17.5 Å². The molecule has 0 amide bonds. The number of ether oxygens (including phenoxy) is 1. The summed E-state index contributed by atoms with van der Waals surface area (Å²) in [7, 11) is 0. The van der Waals surface area contributed by atoms with Crippen LogP contribution in [0.25, 0.3) is 0 Å². The van der Waals surface area contributed by atoms with Gasteiger partial charge in [-0.25, -0.2) is 4.98 Å². The van der Waals surface area contributed by atoms with E-state index >= 15 is 0 Å². The molecule has 1 aromatic heterocycles. The second-order valence-electron chi connectivity index (χ2n) is 4.89. The number of benzene rings is 1. The number of rotatable bonds is 8. The average Bonchev–Trinajstić information content (AvgIpc) is 2.83. The lowest BCUT2D eigenvalue weighted by atomic mass is 10.2. The minimum atomic E-state index is 0.668. The van der Waals surface area contributed by atoms with Gasteiger partial charge in [0.2, 0.25) is 5.95 Å². The zero-order chi connectivity index (χ0) is 15.1. The van der Waals surface area contributed by atoms with Crippen molar-refractivity contribution in [2.75, 3.05) is 18.5 Å². The van der Waals surface area contributed by atoms with Gasteiger partial charge in [0.25, 0.3) is 0 Å². The van der Waals surface area contributed by atoms with E-state index in [1.54, 1.807) is 0 Å². The number of aromatic nitrogens is 2. The van der Waals surface area contributed by atoms with Crippen molar-refractivity contribution in [3.63, 3.8) is 0 Å². The van der Waals surface area contributed by atoms with Gasteiger partial charge in [-0.05, 0) is 31.9 Å². The molecule has 0 unspecified atom stereocenters. The van der Waals surface area contributed by atoms with Gasteiger partial charge in [0, 0.05) is 37.5 Å². The molecule has 2 aromatic rings. The van der Waals surface area contributed by atoms with E-state index in [-0.39, 0.29) is 0 Å². The Morgan fingerprint density at radius 1 is 1.33 bits per heavy atom. The molecule has 0 saturated heterocycles. The predicted octanol–water partition coefficient (Wildman–Crippen LogP) is 3.88. The fourth-order valence-corrected chi connectivity index (χ4v) is 2.36. The fraction of sp³-hybridized carbons (Fsp3) is 0.438. The van der Waals surface area contributed by atoms with Gasteiger partial charge in [-0.3, -0.25) is 0 Å². The van der Waals surface area contributed by atoms with Crippen molar-refractivity contribution in [3.8, 4) is 0 Å². The normalized spacial score (nSPS) is 10.8. The molecule has 1 N–H and O–H groups in total. The summed E-state index contributed by atoms with van der Waals surface area (Å²) in [6, 6.07) is 7.84. The van der Waals surface area contributed by atoms with E-state index in [4.69, 9.17) is 16.3 Å². The summed E-state index contributed by atoms with van der Waals surface area (Å²) >= 11 is 6.17. The third-order valence-electron chi connectivity index (χ3n) is 3.18. The standard InChI is InChI=1S/C16H22ClN3O/c1-3-21-10-6-9-20-12-13(2)19-16(20)18-11-14-7-4-5-8-15(14)17/h4-5,7-8,12H,3,6,9-11H2,1-2H3,(H,18,19). The number of aryl methyl sites for hydroxylation is 2. The highest BCUT2D eigenvalue weighted by molar-refractivity contribution is 6.31. The van der Waals surface area contributed by atoms with Gasteiger partial charge in [0.05, 0.1) is 5.69 Å². The van der Waals surface area contributed by atoms with Crippen molar-refractivity contribution in [1.82, 2.24) is 9.55 Å². The van der Waals surface area contributed by atoms with Gasteiger partial charge in [-0.15, -0.1) is 0 Å². The highest BCUT2D eigenvalue weighted by Crippen LogP contribution is 2.17. The summed E-state index contributed by atoms with van der Waals surface area (Å²) in [4.78, 5) is 4.52. The molecule has 5 heteroatoms. The van der Waals surface area contributed by atoms with Crippen LogP contribution in [0, 0.1) is 6.92 Å². The first-order valence-corrected chi connectivity index (χ1v) is 7.67. The fourth-order valence-electron chi connectivity index (χ4n) is 2.16. The van der Waals surface area contributed by atoms with E-state index in [2.05, 4.69) is 21.1 Å². The minimum absolute atomic E-state index is 0.668. The summed E-state index contributed by atoms with van der Waals surface area (Å²) < 4.78 is 7.51. The van der Waals surface area contributed by atoms with Gasteiger partial charge in [-0.1, -0.05) is 29.8 Å². The molecule has 0 fully saturated rings. The maximum atomic E-state index is 6.17. The molecule has 0 radical (unpaired) electrons. The van der Waals surface area contributed by atoms with Gasteiger partial charge in [0.1, 0.15) is 0 Å². The monoisotopic (exact) mass is 307 g/mol. The molecule has 0 aliphatic heterocycles. The lowest BCUT2D eigenvalue weighted by Crippen LogP contribution is -2.09. The highest BCUT2D eigenvalue weighted by atomic mass is 35.5. The van der Waals surface area contributed by atoms with Crippen LogP contribution in [0.15, 0.2) is 30.5 Å². The van der Waals surface area contributed by atoms with E-state index in [9.17, 15) is 0 Å². The van der Waals surface area contributed by atoms with Crippen molar-refractivity contribution in [2.45, 2.75) is 33.4 Å². The largest absolute Gasteiger partial charge is 0.382 e. The van der Waals surface area contributed by atoms with E-state index in [0.29, 0.717) is 6.54 Å². The maximum absolute atomic E-state index is 6.17. The molecule has 0 aliphatic rings. The number of anilines is 1. The molecule has 0 aliphatic carbocycles. The predicted molar refractivity (Wildman–Crippen MR) is 86.9 cm³/mol. The van der Waals surface area contributed by atoms with Crippen LogP contribution in [0.5, 0.6) is 0 Å². The Morgan fingerprint density at radius 2 is 2.14 bits per heavy atom. The number of halogens is 1. The Morgan fingerprint density at radius 3 is 2.90 bits per heavy atom. The Balaban J connectivity index is 1.95. The molecule has 114 valence electrons. The van der Waals surface area contributed by atoms with E-state index in [0.717, 1.165) is 48.4 Å². The van der Waals surface area contributed by atoms with Gasteiger partial charge < -0.3 is 14.6 Å². The third-order valence-corrected chi connectivity index (χ3v) is 3.55. The summed E-state index contributed by atoms with van der Waals surface area (Å²) in [5.74, 6) is 0.879. The first-order chi connectivity index (χ1) is 10.2. The summed E-state index contributed by atoms with van der Waals surface area (Å²) in [5, 5.41) is 4.13. The number of imidazole rings is 1. The number of nitrogens with zero attached hydrogens (tertiary/aromatic N) is 2. The highest BCUT2D eigenvalue weighted by Gasteiger charge is 2.06. The molecule has 0 bridgehead atoms. The molecule has 1 heterocycles. The zero-order valence-corrected chi connectivity index (χ0v) is 13.4. The lowest BCUT2D eigenvalue weighted by Gasteiger charge is -2.10. The van der Waals surface area contributed by atoms with Crippen molar-refractivity contribution in [3.05, 3.63) is 46.7 Å². The van der Waals surface area contributed by atoms with Gasteiger partial charge >= 0.3 is 0 Å². The van der Waals surface area contributed by atoms with E-state index in [1.807, 2.05) is 38.1 Å². The van der Waals surface area contributed by atoms with Crippen molar-refractivity contribution in [2.24, 2.45) is 0 Å². The van der Waals surface area contributed by atoms with Crippen molar-refractivity contribution in [1.29, 1.82) is 0 Å². The molecule has 0 saturated carbocycles. The van der Waals surface area contributed by atoms with Crippen LogP contribution in [0.3, 0.4) is 0 Å². The van der Waals surface area contributed by atoms with Gasteiger partial charge in [-0.2, -0.15) is 0 Å². The molecular weight excluding hydrogens is 286 g/mol. The number of hydrogen-bond donors (Lipinski definition) is 1. The molecule has 0 atom stereocenters. The molecule has 4 nitrogen and oxygen atoms in total. The Hall–Kier alpha value is -1.52. The summed E-state index contributed by atoms with van der Waals surface area (Å²) in [6.07, 6.45) is 3.03. The minimum Gasteiger partial charge on any atom is -0.382 e. The smallest absolute Gasteiger partial charge is 0.203 e. The third kappa shape index (κ3) is 4.76. The molecule has 1 aromatic carbocycles. The van der Waals surface area contributed by atoms with E-state index in [1.165, 1.54) is 0 Å². The maximum Gasteiger partial charge on any atom is 0.203 e. The van der Waals surface area contributed by atoms with E-state index < -0.39 is 0 Å². The number of hydrogen-bond acceptors (Lipinski definition) is 3. The Kier molecular flexibility index (Phi) is 6.08. The quantitative estimate of drug-likeness (QED) is 0.752. The molecule has 21 heavy (non-hydrogen) atoms. The van der Waals surface area contributed by atoms with Gasteiger partial charge in [0.15, 0.2) is 0 Å². The molecule has 2 rings (SSSR count). The van der Waals surface area contributed by atoms with Crippen LogP contribution in [0.4, 0.5) is 5.95 Å². The molecule has 0 spiro atoms. The zero-order valence-electron chi connectivity index (χ0n) is 12.6. The van der Waals surface area contributed by atoms with Crippen LogP contribution in [-0.4, -0.2) is 22.8 Å². The van der Waals surface area contributed by atoms with Crippen LogP contribution >= 0.6 is 11.6 Å². The number of nitrogens with one attached hydrogen (secondary N) is 1. The van der Waals surface area contributed by atoms with Crippen LogP contribution in [0.2, 0.25) is 5.02 Å². The Bertz CT molecular complexity index is 568. The Labute approximate surface area is 131 Å². The average molecular weight is 308 g/mol. The summed E-state index contributed by atoms with van der Waals surface area (Å²) in [5.41, 5.74) is 2.08. The van der Waals surface area contributed by atoms with Crippen molar-refractivity contribution < 1.29 is 4.74 Å². The second kappa shape index (κ2) is 8.05. The summed E-state index contributed by atoms with van der Waals surface area (Å²) in [6.45, 7) is 7.11. The lowest BCUT2D eigenvalue weighted by molar-refractivity contribution is 0.142. The van der Waals surface area contributed by atoms with Crippen LogP contribution in [-0.2, 0) is 17.8 Å².